The highest BCUT2D eigenvalue weighted by molar-refractivity contribution is 7.80. The van der Waals surface area contributed by atoms with Gasteiger partial charge in [0.25, 0.3) is 5.91 Å². The van der Waals surface area contributed by atoms with Crippen molar-refractivity contribution in [2.24, 2.45) is 0 Å². The molecule has 2 amide bonds. The lowest BCUT2D eigenvalue weighted by atomic mass is 10.1. The summed E-state index contributed by atoms with van der Waals surface area (Å²) in [6.45, 7) is 3.66. The molecule has 2 rings (SSSR count). The minimum atomic E-state index is -0.252. The van der Waals surface area contributed by atoms with Crippen molar-refractivity contribution in [3.63, 3.8) is 0 Å². The van der Waals surface area contributed by atoms with E-state index in [0.29, 0.717) is 17.7 Å². The van der Waals surface area contributed by atoms with Crippen LogP contribution in [0.2, 0.25) is 0 Å². The van der Waals surface area contributed by atoms with E-state index in [0.717, 1.165) is 11.3 Å². The highest BCUT2D eigenvalue weighted by Gasteiger charge is 2.10. The van der Waals surface area contributed by atoms with Crippen molar-refractivity contribution in [2.45, 2.75) is 20.3 Å². The van der Waals surface area contributed by atoms with Gasteiger partial charge >= 0.3 is 0 Å². The minimum absolute atomic E-state index is 0.0447. The van der Waals surface area contributed by atoms with E-state index < -0.39 is 0 Å². The second kappa shape index (κ2) is 8.21. The van der Waals surface area contributed by atoms with Gasteiger partial charge in [0.15, 0.2) is 5.11 Å². The maximum Gasteiger partial charge on any atom is 0.257 e. The maximum absolute atomic E-state index is 12.2. The Balaban J connectivity index is 1.94. The van der Waals surface area contributed by atoms with Crippen molar-refractivity contribution in [1.29, 1.82) is 0 Å². The van der Waals surface area contributed by atoms with Crippen molar-refractivity contribution in [3.8, 4) is 0 Å². The lowest BCUT2D eigenvalue weighted by molar-refractivity contribution is -0.115. The van der Waals surface area contributed by atoms with Crippen molar-refractivity contribution < 1.29 is 9.59 Å². The SMILES string of the molecule is CCC(=O)Nc1ccc(NC(=S)NC(=O)c2ccccc2C)cc1. The Kier molecular flexibility index (Phi) is 6.03. The Bertz CT molecular complexity index is 757. The van der Waals surface area contributed by atoms with Crippen LogP contribution < -0.4 is 16.0 Å². The molecule has 0 heterocycles. The number of aryl methyl sites for hydroxylation is 1. The Morgan fingerprint density at radius 3 is 2.12 bits per heavy atom. The van der Waals surface area contributed by atoms with Crippen LogP contribution in [0.4, 0.5) is 11.4 Å². The summed E-state index contributed by atoms with van der Waals surface area (Å²) < 4.78 is 0. The summed E-state index contributed by atoms with van der Waals surface area (Å²) in [4.78, 5) is 23.5. The van der Waals surface area contributed by atoms with Gasteiger partial charge in [0.2, 0.25) is 5.91 Å². The summed E-state index contributed by atoms with van der Waals surface area (Å²) in [6.07, 6.45) is 0.426. The molecule has 0 aromatic heterocycles. The highest BCUT2D eigenvalue weighted by Crippen LogP contribution is 2.14. The molecule has 0 saturated carbocycles. The van der Waals surface area contributed by atoms with Gasteiger partial charge in [0, 0.05) is 23.4 Å². The fraction of sp³-hybridized carbons (Fsp3) is 0.167. The van der Waals surface area contributed by atoms with Crippen LogP contribution in [-0.2, 0) is 4.79 Å². The molecule has 5 nitrogen and oxygen atoms in total. The fourth-order valence-electron chi connectivity index (χ4n) is 2.05. The van der Waals surface area contributed by atoms with Crippen LogP contribution in [0, 0.1) is 6.92 Å². The molecule has 0 spiro atoms. The van der Waals surface area contributed by atoms with Crippen LogP contribution in [0.25, 0.3) is 0 Å². The average molecular weight is 341 g/mol. The predicted molar refractivity (Wildman–Crippen MR) is 100 cm³/mol. The topological polar surface area (TPSA) is 70.2 Å². The van der Waals surface area contributed by atoms with Gasteiger partial charge in [0.05, 0.1) is 0 Å². The van der Waals surface area contributed by atoms with Crippen LogP contribution in [0.1, 0.15) is 29.3 Å². The lowest BCUT2D eigenvalue weighted by Gasteiger charge is -2.11. The number of rotatable bonds is 4. The quantitative estimate of drug-likeness (QED) is 0.745. The molecular formula is C18H19N3O2S. The Hall–Kier alpha value is -2.73. The van der Waals surface area contributed by atoms with Crippen LogP contribution in [0.3, 0.4) is 0 Å². The number of anilines is 2. The second-order valence-corrected chi connectivity index (χ2v) is 5.61. The van der Waals surface area contributed by atoms with Crippen LogP contribution in [0.5, 0.6) is 0 Å². The van der Waals surface area contributed by atoms with Gasteiger partial charge in [0.1, 0.15) is 0 Å². The first kappa shape index (κ1) is 17.6. The summed E-state index contributed by atoms with van der Waals surface area (Å²) in [7, 11) is 0. The molecule has 2 aromatic carbocycles. The molecule has 0 aliphatic carbocycles. The highest BCUT2D eigenvalue weighted by atomic mass is 32.1. The molecular weight excluding hydrogens is 322 g/mol. The number of carbonyl (C=O) groups is 2. The smallest absolute Gasteiger partial charge is 0.257 e. The molecule has 0 fully saturated rings. The number of benzene rings is 2. The van der Waals surface area contributed by atoms with Crippen molar-refractivity contribution in [2.75, 3.05) is 10.6 Å². The normalized spacial score (nSPS) is 9.92. The summed E-state index contributed by atoms with van der Waals surface area (Å²) in [5.74, 6) is -0.297. The zero-order chi connectivity index (χ0) is 17.5. The molecule has 0 unspecified atom stereocenters. The molecule has 6 heteroatoms. The molecule has 0 aliphatic heterocycles. The van der Waals surface area contributed by atoms with E-state index in [9.17, 15) is 9.59 Å². The van der Waals surface area contributed by atoms with Crippen molar-refractivity contribution in [3.05, 3.63) is 59.7 Å². The monoisotopic (exact) mass is 341 g/mol. The number of nitrogens with one attached hydrogen (secondary N) is 3. The number of amides is 2. The van der Waals surface area contributed by atoms with Gasteiger partial charge in [-0.25, -0.2) is 0 Å². The van der Waals surface area contributed by atoms with E-state index >= 15 is 0 Å². The summed E-state index contributed by atoms with van der Waals surface area (Å²) in [5.41, 5.74) is 2.90. The van der Waals surface area contributed by atoms with E-state index in [1.807, 2.05) is 25.1 Å². The fourth-order valence-corrected chi connectivity index (χ4v) is 2.26. The first-order valence-corrected chi connectivity index (χ1v) is 7.98. The number of hydrogen-bond donors (Lipinski definition) is 3. The molecule has 124 valence electrons. The average Bonchev–Trinajstić information content (AvgIpc) is 2.56. The maximum atomic E-state index is 12.2. The van der Waals surface area contributed by atoms with E-state index in [-0.39, 0.29) is 16.9 Å². The largest absolute Gasteiger partial charge is 0.332 e. The standard InChI is InChI=1S/C18H19N3O2S/c1-3-16(22)19-13-8-10-14(11-9-13)20-18(24)21-17(23)15-7-5-4-6-12(15)2/h4-11H,3H2,1-2H3,(H,19,22)(H2,20,21,23,24). The third kappa shape index (κ3) is 4.89. The van der Waals surface area contributed by atoms with Gasteiger partial charge in [-0.2, -0.15) is 0 Å². The van der Waals surface area contributed by atoms with Crippen molar-refractivity contribution in [1.82, 2.24) is 5.32 Å². The second-order valence-electron chi connectivity index (χ2n) is 5.20. The Morgan fingerprint density at radius 1 is 0.958 bits per heavy atom. The van der Waals surface area contributed by atoms with Crippen LogP contribution in [-0.4, -0.2) is 16.9 Å². The molecule has 24 heavy (non-hydrogen) atoms. The molecule has 0 radical (unpaired) electrons. The van der Waals surface area contributed by atoms with Gasteiger partial charge in [-0.1, -0.05) is 25.1 Å². The molecule has 0 bridgehead atoms. The first-order chi connectivity index (χ1) is 11.5. The number of carbonyl (C=O) groups excluding carboxylic acids is 2. The lowest BCUT2D eigenvalue weighted by Crippen LogP contribution is -2.34. The number of thiocarbonyl (C=S) groups is 1. The minimum Gasteiger partial charge on any atom is -0.332 e. The van der Waals surface area contributed by atoms with Gasteiger partial charge < -0.3 is 10.6 Å². The zero-order valence-corrected chi connectivity index (χ0v) is 14.4. The Morgan fingerprint density at radius 2 is 1.54 bits per heavy atom. The van der Waals surface area contributed by atoms with E-state index in [4.69, 9.17) is 12.2 Å². The van der Waals surface area contributed by atoms with Gasteiger partial charge in [-0.15, -0.1) is 0 Å². The van der Waals surface area contributed by atoms with E-state index in [2.05, 4.69) is 16.0 Å². The third-order valence-electron chi connectivity index (χ3n) is 3.36. The molecule has 2 aromatic rings. The molecule has 3 N–H and O–H groups in total. The van der Waals surface area contributed by atoms with Gasteiger partial charge in [-0.3, -0.25) is 14.9 Å². The molecule has 0 aliphatic rings. The first-order valence-electron chi connectivity index (χ1n) is 7.57. The van der Waals surface area contributed by atoms with Gasteiger partial charge in [-0.05, 0) is 55.0 Å². The van der Waals surface area contributed by atoms with Crippen LogP contribution in [0.15, 0.2) is 48.5 Å². The number of hydrogen-bond acceptors (Lipinski definition) is 3. The molecule has 0 atom stereocenters. The zero-order valence-electron chi connectivity index (χ0n) is 13.6. The van der Waals surface area contributed by atoms with E-state index in [1.165, 1.54) is 0 Å². The van der Waals surface area contributed by atoms with Crippen molar-refractivity contribution >= 4 is 40.5 Å². The van der Waals surface area contributed by atoms with E-state index in [1.54, 1.807) is 37.3 Å². The Labute approximate surface area is 146 Å². The third-order valence-corrected chi connectivity index (χ3v) is 3.57. The summed E-state index contributed by atoms with van der Waals surface area (Å²) in [6, 6.07) is 14.4. The van der Waals surface area contributed by atoms with Crippen LogP contribution >= 0.6 is 12.2 Å². The molecule has 0 saturated heterocycles. The predicted octanol–water partition coefficient (Wildman–Crippen LogP) is 3.47. The summed E-state index contributed by atoms with van der Waals surface area (Å²) >= 11 is 5.16. The summed E-state index contributed by atoms with van der Waals surface area (Å²) in [5, 5.41) is 8.58.